The fourth-order valence-corrected chi connectivity index (χ4v) is 1.48. The van der Waals surface area contributed by atoms with Crippen LogP contribution in [-0.2, 0) is 0 Å². The van der Waals surface area contributed by atoms with Gasteiger partial charge in [-0.15, -0.1) is 0 Å². The first-order chi connectivity index (χ1) is 6.34. The SMILES string of the molecule is Cc1cc(OC2CCNCC2)no1. The van der Waals surface area contributed by atoms with E-state index in [1.807, 2.05) is 13.0 Å². The Kier molecular flexibility index (Phi) is 2.49. The van der Waals surface area contributed by atoms with Crippen molar-refractivity contribution in [3.63, 3.8) is 0 Å². The lowest BCUT2D eigenvalue weighted by molar-refractivity contribution is 0.148. The first-order valence-corrected chi connectivity index (χ1v) is 4.65. The number of nitrogens with zero attached hydrogens (tertiary/aromatic N) is 1. The van der Waals surface area contributed by atoms with Crippen molar-refractivity contribution in [2.75, 3.05) is 13.1 Å². The highest BCUT2D eigenvalue weighted by Crippen LogP contribution is 2.15. The van der Waals surface area contributed by atoms with Crippen LogP contribution in [0.3, 0.4) is 0 Å². The predicted molar refractivity (Wildman–Crippen MR) is 47.8 cm³/mol. The summed E-state index contributed by atoms with van der Waals surface area (Å²) in [4.78, 5) is 0. The van der Waals surface area contributed by atoms with E-state index in [1.54, 1.807) is 0 Å². The summed E-state index contributed by atoms with van der Waals surface area (Å²) in [6, 6.07) is 1.82. The second-order valence-corrected chi connectivity index (χ2v) is 3.34. The first-order valence-electron chi connectivity index (χ1n) is 4.65. The van der Waals surface area contributed by atoms with Crippen molar-refractivity contribution in [3.8, 4) is 5.88 Å². The summed E-state index contributed by atoms with van der Waals surface area (Å²) in [6.45, 7) is 3.92. The van der Waals surface area contributed by atoms with Gasteiger partial charge in [-0.25, -0.2) is 0 Å². The lowest BCUT2D eigenvalue weighted by Crippen LogP contribution is -2.34. The Morgan fingerprint density at radius 3 is 2.92 bits per heavy atom. The van der Waals surface area contributed by atoms with E-state index in [4.69, 9.17) is 9.26 Å². The molecule has 1 aromatic heterocycles. The molecule has 1 saturated heterocycles. The number of hydrogen-bond donors (Lipinski definition) is 1. The summed E-state index contributed by atoms with van der Waals surface area (Å²) >= 11 is 0. The topological polar surface area (TPSA) is 47.3 Å². The van der Waals surface area contributed by atoms with Gasteiger partial charge >= 0.3 is 0 Å². The highest BCUT2D eigenvalue weighted by Gasteiger charge is 2.15. The van der Waals surface area contributed by atoms with Crippen LogP contribution in [0.2, 0.25) is 0 Å². The zero-order chi connectivity index (χ0) is 9.10. The first kappa shape index (κ1) is 8.56. The Bertz CT molecular complexity index is 266. The van der Waals surface area contributed by atoms with E-state index >= 15 is 0 Å². The van der Waals surface area contributed by atoms with Crippen LogP contribution in [0.1, 0.15) is 18.6 Å². The molecule has 2 heterocycles. The number of aryl methyl sites for hydroxylation is 1. The van der Waals surface area contributed by atoms with Crippen LogP contribution in [0, 0.1) is 6.92 Å². The second-order valence-electron chi connectivity index (χ2n) is 3.34. The number of piperidine rings is 1. The Morgan fingerprint density at radius 1 is 1.54 bits per heavy atom. The van der Waals surface area contributed by atoms with E-state index in [0.717, 1.165) is 31.7 Å². The minimum atomic E-state index is 0.297. The summed E-state index contributed by atoms with van der Waals surface area (Å²) in [5.74, 6) is 1.41. The largest absolute Gasteiger partial charge is 0.472 e. The second kappa shape index (κ2) is 3.79. The van der Waals surface area contributed by atoms with Crippen molar-refractivity contribution in [1.29, 1.82) is 0 Å². The molecule has 1 N–H and O–H groups in total. The molecule has 0 radical (unpaired) electrons. The van der Waals surface area contributed by atoms with Crippen molar-refractivity contribution in [1.82, 2.24) is 10.5 Å². The van der Waals surface area contributed by atoms with Gasteiger partial charge in [0.15, 0.2) is 0 Å². The Balaban J connectivity index is 1.89. The minimum Gasteiger partial charge on any atom is -0.472 e. The van der Waals surface area contributed by atoms with Gasteiger partial charge in [-0.3, -0.25) is 0 Å². The van der Waals surface area contributed by atoms with E-state index in [2.05, 4.69) is 10.5 Å². The molecule has 0 atom stereocenters. The molecule has 0 aromatic carbocycles. The van der Waals surface area contributed by atoms with Crippen LogP contribution >= 0.6 is 0 Å². The van der Waals surface area contributed by atoms with E-state index < -0.39 is 0 Å². The Morgan fingerprint density at radius 2 is 2.31 bits per heavy atom. The van der Waals surface area contributed by atoms with Crippen LogP contribution < -0.4 is 10.1 Å². The minimum absolute atomic E-state index is 0.297. The summed E-state index contributed by atoms with van der Waals surface area (Å²) in [5, 5.41) is 7.07. The number of ether oxygens (including phenoxy) is 1. The maximum atomic E-state index is 5.63. The molecule has 4 heteroatoms. The van der Waals surface area contributed by atoms with Crippen molar-refractivity contribution < 1.29 is 9.26 Å². The van der Waals surface area contributed by atoms with E-state index in [0.29, 0.717) is 12.0 Å². The molecule has 0 spiro atoms. The average molecular weight is 182 g/mol. The zero-order valence-corrected chi connectivity index (χ0v) is 7.75. The van der Waals surface area contributed by atoms with Crippen LogP contribution in [0.5, 0.6) is 5.88 Å². The lowest BCUT2D eigenvalue weighted by atomic mass is 10.1. The molecule has 4 nitrogen and oxygen atoms in total. The quantitative estimate of drug-likeness (QED) is 0.744. The van der Waals surface area contributed by atoms with E-state index in [9.17, 15) is 0 Å². The maximum Gasteiger partial charge on any atom is 0.254 e. The number of nitrogens with one attached hydrogen (secondary N) is 1. The van der Waals surface area contributed by atoms with Gasteiger partial charge < -0.3 is 14.6 Å². The van der Waals surface area contributed by atoms with Gasteiger partial charge in [-0.2, -0.15) is 0 Å². The molecule has 1 fully saturated rings. The third kappa shape index (κ3) is 2.21. The summed E-state index contributed by atoms with van der Waals surface area (Å²) in [5.41, 5.74) is 0. The molecule has 72 valence electrons. The maximum absolute atomic E-state index is 5.63. The molecule has 13 heavy (non-hydrogen) atoms. The Labute approximate surface area is 77.2 Å². The van der Waals surface area contributed by atoms with Crippen molar-refractivity contribution in [2.24, 2.45) is 0 Å². The Hall–Kier alpha value is -1.03. The number of rotatable bonds is 2. The fourth-order valence-electron chi connectivity index (χ4n) is 1.48. The molecule has 2 rings (SSSR count). The standard InChI is InChI=1S/C9H14N2O2/c1-7-6-9(11-13-7)12-8-2-4-10-5-3-8/h6,8,10H,2-5H2,1H3. The van der Waals surface area contributed by atoms with Crippen LogP contribution in [0.25, 0.3) is 0 Å². The van der Waals surface area contributed by atoms with Crippen LogP contribution in [0.4, 0.5) is 0 Å². The molecular weight excluding hydrogens is 168 g/mol. The van der Waals surface area contributed by atoms with Gasteiger partial charge in [-0.1, -0.05) is 0 Å². The molecule has 0 saturated carbocycles. The smallest absolute Gasteiger partial charge is 0.254 e. The normalized spacial score (nSPS) is 18.8. The van der Waals surface area contributed by atoms with E-state index in [-0.39, 0.29) is 0 Å². The summed E-state index contributed by atoms with van der Waals surface area (Å²) < 4.78 is 10.5. The fraction of sp³-hybridized carbons (Fsp3) is 0.667. The third-order valence-corrected chi connectivity index (χ3v) is 2.18. The molecule has 1 aromatic rings. The molecule has 0 amide bonds. The van der Waals surface area contributed by atoms with Crippen LogP contribution in [0.15, 0.2) is 10.6 Å². The average Bonchev–Trinajstić information content (AvgIpc) is 2.53. The highest BCUT2D eigenvalue weighted by molar-refractivity contribution is 5.09. The monoisotopic (exact) mass is 182 g/mol. The highest BCUT2D eigenvalue weighted by atomic mass is 16.5. The third-order valence-electron chi connectivity index (χ3n) is 2.18. The molecule has 0 unspecified atom stereocenters. The van der Waals surface area contributed by atoms with Crippen LogP contribution in [-0.4, -0.2) is 24.4 Å². The van der Waals surface area contributed by atoms with Gasteiger partial charge in [0.25, 0.3) is 5.88 Å². The van der Waals surface area contributed by atoms with Gasteiger partial charge in [0.2, 0.25) is 0 Å². The van der Waals surface area contributed by atoms with E-state index in [1.165, 1.54) is 0 Å². The van der Waals surface area contributed by atoms with Crippen molar-refractivity contribution >= 4 is 0 Å². The summed E-state index contributed by atoms with van der Waals surface area (Å²) in [7, 11) is 0. The molecule has 1 aliphatic heterocycles. The molecule has 0 bridgehead atoms. The molecule has 1 aliphatic rings. The molecular formula is C9H14N2O2. The van der Waals surface area contributed by atoms with Gasteiger partial charge in [0.1, 0.15) is 11.9 Å². The van der Waals surface area contributed by atoms with Crippen molar-refractivity contribution in [2.45, 2.75) is 25.9 Å². The number of aromatic nitrogens is 1. The van der Waals surface area contributed by atoms with Gasteiger partial charge in [0.05, 0.1) is 0 Å². The van der Waals surface area contributed by atoms with Gasteiger partial charge in [0, 0.05) is 6.07 Å². The van der Waals surface area contributed by atoms with Gasteiger partial charge in [-0.05, 0) is 38.0 Å². The number of hydrogen-bond acceptors (Lipinski definition) is 4. The lowest BCUT2D eigenvalue weighted by Gasteiger charge is -2.22. The molecule has 0 aliphatic carbocycles. The predicted octanol–water partition coefficient (Wildman–Crippen LogP) is 1.11. The van der Waals surface area contributed by atoms with Crippen molar-refractivity contribution in [3.05, 3.63) is 11.8 Å². The summed E-state index contributed by atoms with van der Waals surface area (Å²) in [6.07, 6.45) is 2.39. The zero-order valence-electron chi connectivity index (χ0n) is 7.75.